The monoisotopic (exact) mass is 298 g/mol. The number of benzene rings is 1. The molecule has 6 heteroatoms. The minimum atomic E-state index is -3.37. The molecule has 0 aliphatic carbocycles. The zero-order valence-electron chi connectivity index (χ0n) is 7.68. The topological polar surface area (TPSA) is 38.0 Å². The molecule has 0 bridgehead atoms. The van der Waals surface area contributed by atoms with Crippen molar-refractivity contribution in [1.29, 1.82) is 0 Å². The Balaban J connectivity index is 2.80. The zero-order chi connectivity index (χ0) is 11.5. The van der Waals surface area contributed by atoms with Crippen molar-refractivity contribution in [3.63, 3.8) is 0 Å². The van der Waals surface area contributed by atoms with Gasteiger partial charge in [-0.1, -0.05) is 34.1 Å². The van der Waals surface area contributed by atoms with E-state index in [2.05, 4.69) is 15.9 Å². The van der Waals surface area contributed by atoms with Crippen LogP contribution in [0.4, 0.5) is 8.78 Å². The lowest BCUT2D eigenvalue weighted by Gasteiger charge is -2.21. The molecule has 1 atom stereocenters. The van der Waals surface area contributed by atoms with Crippen LogP contribution in [0.2, 0.25) is 0 Å². The first-order chi connectivity index (χ1) is 6.95. The standard InChI is InChI=1S/C9H10BrClF2N2/c10-7-4-2-1-3-6(7)5-8(15-14)9(11,12)13/h1-4,8,15H,5,14H2. The summed E-state index contributed by atoms with van der Waals surface area (Å²) in [4.78, 5) is 0. The number of halogens is 4. The summed E-state index contributed by atoms with van der Waals surface area (Å²) in [6.45, 7) is 0. The van der Waals surface area contributed by atoms with Gasteiger partial charge in [-0.2, -0.15) is 8.78 Å². The summed E-state index contributed by atoms with van der Waals surface area (Å²) in [6.07, 6.45) is 0.0500. The second-order valence-electron chi connectivity index (χ2n) is 3.06. The summed E-state index contributed by atoms with van der Waals surface area (Å²) >= 11 is 8.17. The lowest BCUT2D eigenvalue weighted by molar-refractivity contribution is 0.0502. The Labute approximate surface area is 99.9 Å². The van der Waals surface area contributed by atoms with Crippen LogP contribution in [0.15, 0.2) is 28.7 Å². The van der Waals surface area contributed by atoms with Gasteiger partial charge >= 0.3 is 5.38 Å². The van der Waals surface area contributed by atoms with Gasteiger partial charge in [0.05, 0.1) is 0 Å². The first-order valence-corrected chi connectivity index (χ1v) is 5.38. The molecular formula is C9H10BrClF2N2. The Hall–Kier alpha value is -0.230. The van der Waals surface area contributed by atoms with Crippen LogP contribution >= 0.6 is 27.5 Å². The van der Waals surface area contributed by atoms with Gasteiger partial charge in [-0.15, -0.1) is 0 Å². The van der Waals surface area contributed by atoms with E-state index >= 15 is 0 Å². The number of nitrogens with one attached hydrogen (secondary N) is 1. The molecule has 84 valence electrons. The van der Waals surface area contributed by atoms with Crippen LogP contribution in [0.25, 0.3) is 0 Å². The van der Waals surface area contributed by atoms with Gasteiger partial charge in [0.25, 0.3) is 0 Å². The van der Waals surface area contributed by atoms with Crippen molar-refractivity contribution in [2.75, 3.05) is 0 Å². The van der Waals surface area contributed by atoms with E-state index in [0.29, 0.717) is 0 Å². The Bertz CT molecular complexity index is 330. The molecule has 1 aromatic carbocycles. The number of hydrogen-bond acceptors (Lipinski definition) is 2. The van der Waals surface area contributed by atoms with Crippen LogP contribution in [0.1, 0.15) is 5.56 Å². The molecule has 0 aromatic heterocycles. The van der Waals surface area contributed by atoms with Crippen molar-refractivity contribution in [1.82, 2.24) is 5.43 Å². The molecule has 2 nitrogen and oxygen atoms in total. The number of hydrazine groups is 1. The fourth-order valence-corrected chi connectivity index (χ4v) is 1.74. The molecule has 0 saturated heterocycles. The predicted molar refractivity (Wildman–Crippen MR) is 59.8 cm³/mol. The first kappa shape index (κ1) is 12.8. The van der Waals surface area contributed by atoms with Gasteiger partial charge < -0.3 is 0 Å². The molecule has 0 aliphatic rings. The summed E-state index contributed by atoms with van der Waals surface area (Å²) in [5.41, 5.74) is 2.74. The molecule has 15 heavy (non-hydrogen) atoms. The van der Waals surface area contributed by atoms with Crippen molar-refractivity contribution in [2.24, 2.45) is 5.84 Å². The Morgan fingerprint density at radius 3 is 2.53 bits per heavy atom. The zero-order valence-corrected chi connectivity index (χ0v) is 10.0. The summed E-state index contributed by atoms with van der Waals surface area (Å²) < 4.78 is 26.4. The van der Waals surface area contributed by atoms with E-state index in [1.807, 2.05) is 5.43 Å². The minimum Gasteiger partial charge on any atom is -0.271 e. The molecule has 0 fully saturated rings. The van der Waals surface area contributed by atoms with Gasteiger partial charge in [0.1, 0.15) is 6.04 Å². The number of alkyl halides is 3. The van der Waals surface area contributed by atoms with Crippen LogP contribution in [0.5, 0.6) is 0 Å². The lowest BCUT2D eigenvalue weighted by atomic mass is 10.1. The van der Waals surface area contributed by atoms with E-state index in [1.54, 1.807) is 24.3 Å². The molecule has 1 aromatic rings. The smallest absolute Gasteiger partial charge is 0.271 e. The highest BCUT2D eigenvalue weighted by molar-refractivity contribution is 9.10. The van der Waals surface area contributed by atoms with Crippen molar-refractivity contribution in [2.45, 2.75) is 17.8 Å². The average Bonchev–Trinajstić information content (AvgIpc) is 2.14. The van der Waals surface area contributed by atoms with E-state index < -0.39 is 11.4 Å². The number of hydrogen-bond donors (Lipinski definition) is 2. The van der Waals surface area contributed by atoms with Crippen LogP contribution < -0.4 is 11.3 Å². The second kappa shape index (κ2) is 5.21. The molecule has 0 saturated carbocycles. The predicted octanol–water partition coefficient (Wildman–Crippen LogP) is 2.66. The van der Waals surface area contributed by atoms with Crippen molar-refractivity contribution < 1.29 is 8.78 Å². The molecule has 1 rings (SSSR count). The third kappa shape index (κ3) is 3.68. The van der Waals surface area contributed by atoms with Crippen molar-refractivity contribution >= 4 is 27.5 Å². The normalized spacial score (nSPS) is 13.9. The summed E-state index contributed by atoms with van der Waals surface area (Å²) in [5, 5.41) is -3.37. The molecule has 0 aliphatic heterocycles. The van der Waals surface area contributed by atoms with Crippen LogP contribution in [-0.2, 0) is 6.42 Å². The summed E-state index contributed by atoms with van der Waals surface area (Å²) in [5.74, 6) is 5.03. The van der Waals surface area contributed by atoms with E-state index in [1.165, 1.54) is 0 Å². The second-order valence-corrected chi connectivity index (χ2v) is 4.41. The highest BCUT2D eigenvalue weighted by Crippen LogP contribution is 2.27. The number of nitrogens with two attached hydrogens (primary N) is 1. The van der Waals surface area contributed by atoms with E-state index in [9.17, 15) is 8.78 Å². The highest BCUT2D eigenvalue weighted by atomic mass is 79.9. The van der Waals surface area contributed by atoms with Gasteiger partial charge in [-0.25, -0.2) is 5.43 Å². The molecule has 0 heterocycles. The maximum Gasteiger partial charge on any atom is 0.338 e. The molecule has 0 amide bonds. The summed E-state index contributed by atoms with van der Waals surface area (Å²) in [6, 6.07) is 5.78. The fourth-order valence-electron chi connectivity index (χ4n) is 1.15. The Morgan fingerprint density at radius 1 is 1.47 bits per heavy atom. The van der Waals surface area contributed by atoms with Gasteiger partial charge in [-0.3, -0.25) is 5.84 Å². The quantitative estimate of drug-likeness (QED) is 0.509. The first-order valence-electron chi connectivity index (χ1n) is 4.21. The maximum atomic E-state index is 12.8. The summed E-state index contributed by atoms with van der Waals surface area (Å²) in [7, 11) is 0. The molecule has 0 radical (unpaired) electrons. The largest absolute Gasteiger partial charge is 0.338 e. The third-order valence-electron chi connectivity index (χ3n) is 1.98. The van der Waals surface area contributed by atoms with Gasteiger partial charge in [0, 0.05) is 4.47 Å². The molecular weight excluding hydrogens is 289 g/mol. The molecule has 3 N–H and O–H groups in total. The van der Waals surface area contributed by atoms with Crippen LogP contribution in [0, 0.1) is 0 Å². The highest BCUT2D eigenvalue weighted by Gasteiger charge is 2.36. The third-order valence-corrected chi connectivity index (χ3v) is 3.02. The van der Waals surface area contributed by atoms with E-state index in [-0.39, 0.29) is 6.42 Å². The van der Waals surface area contributed by atoms with Crippen molar-refractivity contribution in [3.05, 3.63) is 34.3 Å². The van der Waals surface area contributed by atoms with E-state index in [0.717, 1.165) is 10.0 Å². The maximum absolute atomic E-state index is 12.8. The minimum absolute atomic E-state index is 0.0500. The average molecular weight is 300 g/mol. The Kier molecular flexibility index (Phi) is 4.45. The van der Waals surface area contributed by atoms with Crippen molar-refractivity contribution in [3.8, 4) is 0 Å². The SMILES string of the molecule is NNC(Cc1ccccc1Br)C(F)(F)Cl. The molecule has 1 unspecified atom stereocenters. The van der Waals surface area contributed by atoms with Gasteiger partial charge in [0.15, 0.2) is 0 Å². The van der Waals surface area contributed by atoms with E-state index in [4.69, 9.17) is 17.4 Å². The van der Waals surface area contributed by atoms with Crippen LogP contribution in [0.3, 0.4) is 0 Å². The van der Waals surface area contributed by atoms with Crippen LogP contribution in [-0.4, -0.2) is 11.4 Å². The lowest BCUT2D eigenvalue weighted by Crippen LogP contribution is -2.46. The fraction of sp³-hybridized carbons (Fsp3) is 0.333. The van der Waals surface area contributed by atoms with Gasteiger partial charge in [-0.05, 0) is 29.7 Å². The molecule has 0 spiro atoms. The van der Waals surface area contributed by atoms with Gasteiger partial charge in [0.2, 0.25) is 0 Å². The number of rotatable bonds is 4. The Morgan fingerprint density at radius 2 is 2.07 bits per heavy atom.